The first-order valence-corrected chi connectivity index (χ1v) is 8.80. The van der Waals surface area contributed by atoms with Crippen LogP contribution in [0.5, 0.6) is 0 Å². The number of carbonyl (C=O) groups is 2. The van der Waals surface area contributed by atoms with Crippen LogP contribution in [-0.4, -0.2) is 64.6 Å². The summed E-state index contributed by atoms with van der Waals surface area (Å²) >= 11 is 0. The molecule has 0 spiro atoms. The Kier molecular flexibility index (Phi) is 5.58. The number of hydrogen-bond acceptors (Lipinski definition) is 7. The van der Waals surface area contributed by atoms with E-state index in [0.717, 1.165) is 6.07 Å². The van der Waals surface area contributed by atoms with Gasteiger partial charge in [-0.2, -0.15) is 4.31 Å². The molecule has 0 bridgehead atoms. The van der Waals surface area contributed by atoms with Gasteiger partial charge in [0.1, 0.15) is 0 Å². The Morgan fingerprint density at radius 3 is 2.46 bits per heavy atom. The topological polar surface area (TPSA) is 102 Å². The minimum absolute atomic E-state index is 0.0477. The van der Waals surface area contributed by atoms with E-state index in [2.05, 4.69) is 14.8 Å². The number of methoxy groups -OCH3 is 2. The molecule has 1 unspecified atom stereocenters. The van der Waals surface area contributed by atoms with Gasteiger partial charge in [-0.15, -0.1) is 0 Å². The lowest BCUT2D eigenvalue weighted by atomic mass is 10.1. The molecule has 1 atom stereocenters. The highest BCUT2D eigenvalue weighted by molar-refractivity contribution is 7.89. The lowest BCUT2D eigenvalue weighted by Crippen LogP contribution is -2.52. The van der Waals surface area contributed by atoms with Crippen LogP contribution in [-0.2, 0) is 19.5 Å². The van der Waals surface area contributed by atoms with Crippen LogP contribution in [0.15, 0.2) is 23.1 Å². The molecule has 0 radical (unpaired) electrons. The Morgan fingerprint density at radius 2 is 1.88 bits per heavy atom. The molecule has 0 aromatic heterocycles. The van der Waals surface area contributed by atoms with E-state index in [9.17, 15) is 18.0 Å². The van der Waals surface area contributed by atoms with E-state index in [0.29, 0.717) is 13.1 Å². The van der Waals surface area contributed by atoms with Crippen molar-refractivity contribution in [3.8, 4) is 0 Å². The van der Waals surface area contributed by atoms with Crippen LogP contribution >= 0.6 is 0 Å². The number of carbonyl (C=O) groups excluding carboxylic acids is 2. The molecule has 1 N–H and O–H groups in total. The van der Waals surface area contributed by atoms with Crippen LogP contribution in [0.25, 0.3) is 0 Å². The number of rotatable bonds is 4. The van der Waals surface area contributed by atoms with Crippen molar-refractivity contribution in [3.63, 3.8) is 0 Å². The van der Waals surface area contributed by atoms with Gasteiger partial charge in [-0.05, 0) is 25.1 Å². The number of sulfonamides is 1. The smallest absolute Gasteiger partial charge is 0.339 e. The van der Waals surface area contributed by atoms with Gasteiger partial charge < -0.3 is 14.8 Å². The summed E-state index contributed by atoms with van der Waals surface area (Å²) in [5.74, 6) is -1.47. The lowest BCUT2D eigenvalue weighted by molar-refractivity contribution is 0.0583. The Hall–Kier alpha value is -1.97. The zero-order valence-corrected chi connectivity index (χ0v) is 14.6. The van der Waals surface area contributed by atoms with Crippen LogP contribution in [0.2, 0.25) is 0 Å². The fraction of sp³-hybridized carbons (Fsp3) is 0.467. The Balaban J connectivity index is 2.59. The fourth-order valence-electron chi connectivity index (χ4n) is 2.56. The molecule has 0 aliphatic carbocycles. The second kappa shape index (κ2) is 7.29. The van der Waals surface area contributed by atoms with Crippen molar-refractivity contribution in [2.45, 2.75) is 17.9 Å². The van der Waals surface area contributed by atoms with Gasteiger partial charge in [-0.1, -0.05) is 0 Å². The fourth-order valence-corrected chi connectivity index (χ4v) is 4.40. The van der Waals surface area contributed by atoms with Gasteiger partial charge >= 0.3 is 11.9 Å². The zero-order chi connectivity index (χ0) is 17.9. The van der Waals surface area contributed by atoms with E-state index in [1.165, 1.54) is 30.7 Å². The minimum Gasteiger partial charge on any atom is -0.465 e. The van der Waals surface area contributed by atoms with Crippen molar-refractivity contribution in [1.29, 1.82) is 0 Å². The first-order chi connectivity index (χ1) is 11.3. The monoisotopic (exact) mass is 356 g/mol. The Bertz CT molecular complexity index is 746. The predicted octanol–water partition coefficient (Wildman–Crippen LogP) is 0.242. The number of nitrogens with zero attached hydrogens (tertiary/aromatic N) is 1. The van der Waals surface area contributed by atoms with E-state index < -0.39 is 22.0 Å². The number of ether oxygens (including phenoxy) is 2. The first kappa shape index (κ1) is 18.4. The Labute approximate surface area is 140 Å². The van der Waals surface area contributed by atoms with Crippen LogP contribution in [0, 0.1) is 0 Å². The van der Waals surface area contributed by atoms with E-state index in [-0.39, 0.29) is 28.6 Å². The number of hydrogen-bond donors (Lipinski definition) is 1. The molecule has 8 nitrogen and oxygen atoms in total. The summed E-state index contributed by atoms with van der Waals surface area (Å²) in [6, 6.07) is 3.47. The highest BCUT2D eigenvalue weighted by Gasteiger charge is 2.34. The van der Waals surface area contributed by atoms with Gasteiger partial charge in [0.05, 0.1) is 30.2 Å². The largest absolute Gasteiger partial charge is 0.465 e. The molecule has 9 heteroatoms. The molecule has 1 heterocycles. The molecular weight excluding hydrogens is 336 g/mol. The van der Waals surface area contributed by atoms with E-state index >= 15 is 0 Å². The molecule has 1 aromatic rings. The van der Waals surface area contributed by atoms with Crippen LogP contribution in [0.1, 0.15) is 27.6 Å². The lowest BCUT2D eigenvalue weighted by Gasteiger charge is -2.33. The van der Waals surface area contributed by atoms with E-state index in [1.54, 1.807) is 6.92 Å². The third-order valence-electron chi connectivity index (χ3n) is 3.83. The number of benzene rings is 1. The maximum absolute atomic E-state index is 13.0. The van der Waals surface area contributed by atoms with Gasteiger partial charge in [-0.25, -0.2) is 18.0 Å². The summed E-state index contributed by atoms with van der Waals surface area (Å²) in [5, 5.41) is 3.10. The molecule has 1 fully saturated rings. The normalized spacial score (nSPS) is 18.9. The summed E-state index contributed by atoms with van der Waals surface area (Å²) in [6.07, 6.45) is 0. The average Bonchev–Trinajstić information content (AvgIpc) is 2.60. The third-order valence-corrected chi connectivity index (χ3v) is 5.89. The summed E-state index contributed by atoms with van der Waals surface area (Å²) in [5.41, 5.74) is -0.0672. The summed E-state index contributed by atoms with van der Waals surface area (Å²) < 4.78 is 36.7. The molecule has 0 amide bonds. The van der Waals surface area contributed by atoms with Gasteiger partial charge in [0.2, 0.25) is 10.0 Å². The minimum atomic E-state index is -3.98. The number of esters is 2. The van der Waals surface area contributed by atoms with E-state index in [1.807, 2.05) is 0 Å². The standard InChI is InChI=1S/C15H20N2O6S/c1-10-9-16-6-7-17(10)24(20,21)13-8-11(14(18)22-2)4-5-12(13)15(19)23-3/h4-5,8,10,16H,6-7,9H2,1-3H3. The van der Waals surface area contributed by atoms with Crippen molar-refractivity contribution >= 4 is 22.0 Å². The highest BCUT2D eigenvalue weighted by atomic mass is 32.2. The van der Waals surface area contributed by atoms with Gasteiger partial charge in [-0.3, -0.25) is 0 Å². The third kappa shape index (κ3) is 3.42. The van der Waals surface area contributed by atoms with Crippen molar-refractivity contribution in [1.82, 2.24) is 9.62 Å². The molecule has 2 rings (SSSR count). The SMILES string of the molecule is COC(=O)c1ccc(C(=O)OC)c(S(=O)(=O)N2CCNCC2C)c1. The number of nitrogens with one attached hydrogen (secondary N) is 1. The van der Waals surface area contributed by atoms with Gasteiger partial charge in [0, 0.05) is 25.7 Å². The maximum Gasteiger partial charge on any atom is 0.339 e. The molecule has 132 valence electrons. The summed E-state index contributed by atoms with van der Waals surface area (Å²) in [7, 11) is -1.61. The predicted molar refractivity (Wildman–Crippen MR) is 85.3 cm³/mol. The van der Waals surface area contributed by atoms with Crippen molar-refractivity contribution in [3.05, 3.63) is 29.3 Å². The maximum atomic E-state index is 13.0. The molecule has 1 aliphatic rings. The van der Waals surface area contributed by atoms with E-state index in [4.69, 9.17) is 0 Å². The second-order valence-corrected chi connectivity index (χ2v) is 7.22. The van der Waals surface area contributed by atoms with Crippen LogP contribution < -0.4 is 5.32 Å². The molecule has 0 saturated carbocycles. The van der Waals surface area contributed by atoms with Crippen molar-refractivity contribution < 1.29 is 27.5 Å². The highest BCUT2D eigenvalue weighted by Crippen LogP contribution is 2.25. The quantitative estimate of drug-likeness (QED) is 0.771. The summed E-state index contributed by atoms with van der Waals surface area (Å²) in [4.78, 5) is 23.4. The van der Waals surface area contributed by atoms with Crippen LogP contribution in [0.3, 0.4) is 0 Å². The second-order valence-electron chi connectivity index (χ2n) is 5.36. The van der Waals surface area contributed by atoms with Gasteiger partial charge in [0.15, 0.2) is 0 Å². The first-order valence-electron chi connectivity index (χ1n) is 7.36. The molecule has 1 saturated heterocycles. The number of piperazine rings is 1. The van der Waals surface area contributed by atoms with Crippen molar-refractivity contribution in [2.24, 2.45) is 0 Å². The summed E-state index contributed by atoms with van der Waals surface area (Å²) in [6.45, 7) is 3.05. The van der Waals surface area contributed by atoms with Crippen LogP contribution in [0.4, 0.5) is 0 Å². The molecule has 24 heavy (non-hydrogen) atoms. The molecule has 1 aromatic carbocycles. The zero-order valence-electron chi connectivity index (χ0n) is 13.7. The average molecular weight is 356 g/mol. The molecule has 1 aliphatic heterocycles. The Morgan fingerprint density at radius 1 is 1.21 bits per heavy atom. The molecular formula is C15H20N2O6S. The van der Waals surface area contributed by atoms with Gasteiger partial charge in [0.25, 0.3) is 0 Å². The van der Waals surface area contributed by atoms with Crippen molar-refractivity contribution in [2.75, 3.05) is 33.9 Å².